The van der Waals surface area contributed by atoms with Gasteiger partial charge in [-0.05, 0) is 37.8 Å². The van der Waals surface area contributed by atoms with E-state index >= 15 is 0 Å². The summed E-state index contributed by atoms with van der Waals surface area (Å²) < 4.78 is 0. The molecule has 1 aromatic rings. The van der Waals surface area contributed by atoms with E-state index in [0.29, 0.717) is 12.3 Å². The second kappa shape index (κ2) is 6.99. The van der Waals surface area contributed by atoms with Crippen LogP contribution in [0.1, 0.15) is 31.7 Å². The number of amides is 1. The molecule has 19 heavy (non-hydrogen) atoms. The molecule has 1 saturated heterocycles. The minimum atomic E-state index is 0.325. The molecular weight excluding hydrogens is 254 g/mol. The number of hydrogen-bond donors (Lipinski definition) is 0. The van der Waals surface area contributed by atoms with Gasteiger partial charge < -0.3 is 4.90 Å². The standard InChI is InChI=1S/C16H23NOS/c1-13-3-5-15(6-4-13)19-12-9-16(18)17-10-7-14(2)8-11-17/h3-6,14H,7-12H2,1-2H3. The van der Waals surface area contributed by atoms with Crippen molar-refractivity contribution in [3.8, 4) is 0 Å². The number of hydrogen-bond acceptors (Lipinski definition) is 2. The molecule has 104 valence electrons. The zero-order valence-corrected chi connectivity index (χ0v) is 12.7. The molecule has 1 aromatic carbocycles. The molecule has 1 aliphatic heterocycles. The van der Waals surface area contributed by atoms with Crippen LogP contribution in [-0.2, 0) is 4.79 Å². The van der Waals surface area contributed by atoms with Gasteiger partial charge in [0, 0.05) is 30.2 Å². The van der Waals surface area contributed by atoms with Gasteiger partial charge in [0.2, 0.25) is 5.91 Å². The predicted molar refractivity (Wildman–Crippen MR) is 81.5 cm³/mol. The molecule has 0 atom stereocenters. The Morgan fingerprint density at radius 2 is 1.89 bits per heavy atom. The smallest absolute Gasteiger partial charge is 0.223 e. The van der Waals surface area contributed by atoms with Gasteiger partial charge >= 0.3 is 0 Å². The quantitative estimate of drug-likeness (QED) is 0.782. The maximum absolute atomic E-state index is 12.1. The zero-order valence-electron chi connectivity index (χ0n) is 11.9. The van der Waals surface area contributed by atoms with Crippen LogP contribution in [0.2, 0.25) is 0 Å². The highest BCUT2D eigenvalue weighted by molar-refractivity contribution is 7.99. The van der Waals surface area contributed by atoms with Crippen molar-refractivity contribution in [2.75, 3.05) is 18.8 Å². The molecule has 1 fully saturated rings. The SMILES string of the molecule is Cc1ccc(SCCC(=O)N2CCC(C)CC2)cc1. The van der Waals surface area contributed by atoms with Crippen molar-refractivity contribution in [2.45, 2.75) is 38.0 Å². The number of nitrogens with zero attached hydrogens (tertiary/aromatic N) is 1. The Balaban J connectivity index is 1.70. The summed E-state index contributed by atoms with van der Waals surface area (Å²) >= 11 is 1.77. The molecule has 0 aromatic heterocycles. The molecule has 1 aliphatic rings. The Labute approximate surface area is 120 Å². The van der Waals surface area contributed by atoms with Crippen molar-refractivity contribution in [3.63, 3.8) is 0 Å². The Kier molecular flexibility index (Phi) is 5.32. The van der Waals surface area contributed by atoms with Crippen molar-refractivity contribution in [1.29, 1.82) is 0 Å². The van der Waals surface area contributed by atoms with Gasteiger partial charge in [-0.1, -0.05) is 24.6 Å². The monoisotopic (exact) mass is 277 g/mol. The topological polar surface area (TPSA) is 20.3 Å². The van der Waals surface area contributed by atoms with E-state index in [4.69, 9.17) is 0 Å². The van der Waals surface area contributed by atoms with E-state index in [1.807, 2.05) is 4.90 Å². The van der Waals surface area contributed by atoms with Crippen LogP contribution < -0.4 is 0 Å². The van der Waals surface area contributed by atoms with Crippen molar-refractivity contribution in [2.24, 2.45) is 5.92 Å². The Morgan fingerprint density at radius 3 is 2.53 bits per heavy atom. The lowest BCUT2D eigenvalue weighted by atomic mass is 9.99. The molecule has 0 unspecified atom stereocenters. The first-order valence-electron chi connectivity index (χ1n) is 7.12. The maximum Gasteiger partial charge on any atom is 0.223 e. The van der Waals surface area contributed by atoms with Crippen LogP contribution >= 0.6 is 11.8 Å². The van der Waals surface area contributed by atoms with Crippen LogP contribution in [0, 0.1) is 12.8 Å². The molecule has 2 rings (SSSR count). The summed E-state index contributed by atoms with van der Waals surface area (Å²) in [6.07, 6.45) is 2.99. The number of aryl methyl sites for hydroxylation is 1. The molecule has 0 aliphatic carbocycles. The number of likely N-dealkylation sites (tertiary alicyclic amines) is 1. The third-order valence-corrected chi connectivity index (χ3v) is 4.76. The van der Waals surface area contributed by atoms with Gasteiger partial charge in [-0.2, -0.15) is 0 Å². The third-order valence-electron chi connectivity index (χ3n) is 3.74. The van der Waals surface area contributed by atoms with Crippen molar-refractivity contribution in [1.82, 2.24) is 4.90 Å². The first-order valence-corrected chi connectivity index (χ1v) is 8.11. The van der Waals surface area contributed by atoms with Crippen molar-refractivity contribution >= 4 is 17.7 Å². The largest absolute Gasteiger partial charge is 0.343 e. The fraction of sp³-hybridized carbons (Fsp3) is 0.562. The average molecular weight is 277 g/mol. The van der Waals surface area contributed by atoms with E-state index in [1.54, 1.807) is 11.8 Å². The van der Waals surface area contributed by atoms with E-state index in [1.165, 1.54) is 10.5 Å². The predicted octanol–water partition coefficient (Wildman–Crippen LogP) is 3.74. The number of rotatable bonds is 4. The number of thioether (sulfide) groups is 1. The van der Waals surface area contributed by atoms with Crippen molar-refractivity contribution < 1.29 is 4.79 Å². The molecule has 0 radical (unpaired) electrons. The summed E-state index contributed by atoms with van der Waals surface area (Å²) in [6, 6.07) is 8.51. The lowest BCUT2D eigenvalue weighted by Gasteiger charge is -2.30. The van der Waals surface area contributed by atoms with Gasteiger partial charge in [0.1, 0.15) is 0 Å². The molecule has 3 heteroatoms. The summed E-state index contributed by atoms with van der Waals surface area (Å²) in [5, 5.41) is 0. The van der Waals surface area contributed by atoms with Crippen LogP contribution in [0.4, 0.5) is 0 Å². The van der Waals surface area contributed by atoms with Gasteiger partial charge in [-0.25, -0.2) is 0 Å². The van der Waals surface area contributed by atoms with Crippen LogP contribution in [-0.4, -0.2) is 29.6 Å². The number of carbonyl (C=O) groups is 1. The number of benzene rings is 1. The summed E-state index contributed by atoms with van der Waals surface area (Å²) in [6.45, 7) is 6.27. The van der Waals surface area contributed by atoms with E-state index in [9.17, 15) is 4.79 Å². The van der Waals surface area contributed by atoms with Crippen LogP contribution in [0.15, 0.2) is 29.2 Å². The summed E-state index contributed by atoms with van der Waals surface area (Å²) in [5.41, 5.74) is 1.28. The normalized spacial score (nSPS) is 16.6. The molecule has 0 bridgehead atoms. The van der Waals surface area contributed by atoms with Gasteiger partial charge in [-0.15, -0.1) is 11.8 Å². The molecular formula is C16H23NOS. The van der Waals surface area contributed by atoms with E-state index in [-0.39, 0.29) is 0 Å². The fourth-order valence-electron chi connectivity index (χ4n) is 2.31. The van der Waals surface area contributed by atoms with Crippen LogP contribution in [0.25, 0.3) is 0 Å². The lowest BCUT2D eigenvalue weighted by molar-refractivity contribution is -0.132. The highest BCUT2D eigenvalue weighted by atomic mass is 32.2. The first kappa shape index (κ1) is 14.4. The minimum Gasteiger partial charge on any atom is -0.343 e. The Hall–Kier alpha value is -0.960. The fourth-order valence-corrected chi connectivity index (χ4v) is 3.15. The van der Waals surface area contributed by atoms with Crippen LogP contribution in [0.3, 0.4) is 0 Å². The number of carbonyl (C=O) groups excluding carboxylic acids is 1. The lowest BCUT2D eigenvalue weighted by Crippen LogP contribution is -2.38. The second-order valence-corrected chi connectivity index (χ2v) is 6.64. The summed E-state index contributed by atoms with van der Waals surface area (Å²) in [5.74, 6) is 1.99. The van der Waals surface area contributed by atoms with Gasteiger partial charge in [0.25, 0.3) is 0 Å². The molecule has 1 heterocycles. The molecule has 0 saturated carbocycles. The Bertz CT molecular complexity index is 407. The summed E-state index contributed by atoms with van der Waals surface area (Å²) in [4.78, 5) is 15.4. The minimum absolute atomic E-state index is 0.325. The average Bonchev–Trinajstić information content (AvgIpc) is 2.41. The van der Waals surface area contributed by atoms with Gasteiger partial charge in [0.05, 0.1) is 0 Å². The number of piperidine rings is 1. The zero-order chi connectivity index (χ0) is 13.7. The molecule has 1 amide bonds. The van der Waals surface area contributed by atoms with Gasteiger partial charge in [-0.3, -0.25) is 4.79 Å². The molecule has 0 spiro atoms. The van der Waals surface area contributed by atoms with Gasteiger partial charge in [0.15, 0.2) is 0 Å². The van der Waals surface area contributed by atoms with Crippen LogP contribution in [0.5, 0.6) is 0 Å². The summed E-state index contributed by atoms with van der Waals surface area (Å²) in [7, 11) is 0. The molecule has 0 N–H and O–H groups in total. The highest BCUT2D eigenvalue weighted by Crippen LogP contribution is 2.21. The van der Waals surface area contributed by atoms with E-state index in [0.717, 1.165) is 37.6 Å². The second-order valence-electron chi connectivity index (χ2n) is 5.47. The van der Waals surface area contributed by atoms with E-state index in [2.05, 4.69) is 38.1 Å². The van der Waals surface area contributed by atoms with E-state index < -0.39 is 0 Å². The Morgan fingerprint density at radius 1 is 1.26 bits per heavy atom. The molecule has 2 nitrogen and oxygen atoms in total. The first-order chi connectivity index (χ1) is 9.15. The highest BCUT2D eigenvalue weighted by Gasteiger charge is 2.19. The van der Waals surface area contributed by atoms with Crippen molar-refractivity contribution in [3.05, 3.63) is 29.8 Å². The third kappa shape index (κ3) is 4.57. The maximum atomic E-state index is 12.1.